The van der Waals surface area contributed by atoms with Crippen molar-refractivity contribution in [2.75, 3.05) is 0 Å². The van der Waals surface area contributed by atoms with Gasteiger partial charge in [0.05, 0.1) is 6.42 Å². The first-order valence-corrected chi connectivity index (χ1v) is 3.55. The van der Waals surface area contributed by atoms with Crippen molar-refractivity contribution in [3.05, 3.63) is 16.6 Å². The highest BCUT2D eigenvalue weighted by Crippen LogP contribution is 2.03. The molecule has 0 radical (unpaired) electrons. The Bertz CT molecular complexity index is 219. The number of thiazole rings is 1. The Morgan fingerprint density at radius 1 is 1.90 bits per heavy atom. The molecule has 1 aromatic heterocycles. The number of nitrogens with zero attached hydrogens (tertiary/aromatic N) is 2. The summed E-state index contributed by atoms with van der Waals surface area (Å²) in [6, 6.07) is 0. The summed E-state index contributed by atoms with van der Waals surface area (Å²) in [5, 5.41) is 13.7. The summed E-state index contributed by atoms with van der Waals surface area (Å²) in [5.74, 6) is 0.190. The van der Waals surface area contributed by atoms with E-state index in [-0.39, 0.29) is 5.84 Å². The minimum Gasteiger partial charge on any atom is -0.409 e. The van der Waals surface area contributed by atoms with Crippen LogP contribution < -0.4 is 5.73 Å². The number of amidine groups is 1. The molecule has 0 aliphatic heterocycles. The van der Waals surface area contributed by atoms with Gasteiger partial charge in [0.2, 0.25) is 0 Å². The van der Waals surface area contributed by atoms with Gasteiger partial charge in [-0.25, -0.2) is 4.98 Å². The Hall–Kier alpha value is -1.10. The van der Waals surface area contributed by atoms with Gasteiger partial charge in [-0.1, -0.05) is 5.16 Å². The summed E-state index contributed by atoms with van der Waals surface area (Å²) in [5.41, 5.74) is 5.23. The van der Waals surface area contributed by atoms with Gasteiger partial charge in [-0.3, -0.25) is 0 Å². The summed E-state index contributed by atoms with van der Waals surface area (Å²) >= 11 is 1.48. The zero-order valence-electron chi connectivity index (χ0n) is 5.19. The van der Waals surface area contributed by atoms with Crippen molar-refractivity contribution >= 4 is 17.2 Å². The van der Waals surface area contributed by atoms with E-state index in [1.165, 1.54) is 11.3 Å². The van der Waals surface area contributed by atoms with Crippen molar-refractivity contribution in [1.82, 2.24) is 4.98 Å². The van der Waals surface area contributed by atoms with Gasteiger partial charge in [0.25, 0.3) is 0 Å². The molecule has 10 heavy (non-hydrogen) atoms. The third-order valence-corrected chi connectivity index (χ3v) is 1.72. The smallest absolute Gasteiger partial charge is 0.146 e. The lowest BCUT2D eigenvalue weighted by molar-refractivity contribution is 0.317. The lowest BCUT2D eigenvalue weighted by Gasteiger charge is -1.90. The zero-order chi connectivity index (χ0) is 7.40. The molecule has 0 aliphatic rings. The molecule has 3 N–H and O–H groups in total. The fourth-order valence-electron chi connectivity index (χ4n) is 0.531. The average molecular weight is 157 g/mol. The molecule has 0 atom stereocenters. The highest BCUT2D eigenvalue weighted by molar-refractivity contribution is 7.09. The summed E-state index contributed by atoms with van der Waals surface area (Å²) in [6.45, 7) is 0. The average Bonchev–Trinajstić information content (AvgIpc) is 2.40. The van der Waals surface area contributed by atoms with Gasteiger partial charge in [-0.15, -0.1) is 11.3 Å². The Morgan fingerprint density at radius 2 is 2.70 bits per heavy atom. The number of hydrogen-bond donors (Lipinski definition) is 2. The number of rotatable bonds is 2. The number of oxime groups is 1. The van der Waals surface area contributed by atoms with Gasteiger partial charge in [0.1, 0.15) is 10.8 Å². The first-order chi connectivity index (χ1) is 4.83. The molecule has 0 aliphatic carbocycles. The Kier molecular flexibility index (Phi) is 2.22. The van der Waals surface area contributed by atoms with Crippen molar-refractivity contribution in [3.8, 4) is 0 Å². The van der Waals surface area contributed by atoms with Crippen molar-refractivity contribution < 1.29 is 5.21 Å². The lowest BCUT2D eigenvalue weighted by atomic mass is 10.4. The second kappa shape index (κ2) is 3.17. The van der Waals surface area contributed by atoms with E-state index in [0.29, 0.717) is 6.42 Å². The Morgan fingerprint density at radius 3 is 3.20 bits per heavy atom. The maximum atomic E-state index is 8.17. The minimum atomic E-state index is 0.190. The summed E-state index contributed by atoms with van der Waals surface area (Å²) in [6.07, 6.45) is 2.11. The van der Waals surface area contributed by atoms with E-state index < -0.39 is 0 Å². The second-order valence-electron chi connectivity index (χ2n) is 1.69. The molecule has 0 saturated heterocycles. The third-order valence-electron chi connectivity index (χ3n) is 0.944. The van der Waals surface area contributed by atoms with Crippen molar-refractivity contribution in [2.45, 2.75) is 6.42 Å². The molecule has 1 aromatic rings. The van der Waals surface area contributed by atoms with Crippen LogP contribution in [0.25, 0.3) is 0 Å². The largest absolute Gasteiger partial charge is 0.409 e. The van der Waals surface area contributed by atoms with Crippen molar-refractivity contribution in [2.24, 2.45) is 10.9 Å². The van der Waals surface area contributed by atoms with E-state index in [2.05, 4.69) is 10.1 Å². The normalized spacial score (nSPS) is 11.8. The van der Waals surface area contributed by atoms with E-state index in [1.807, 2.05) is 5.38 Å². The highest BCUT2D eigenvalue weighted by atomic mass is 32.1. The van der Waals surface area contributed by atoms with E-state index in [1.54, 1.807) is 6.20 Å². The molecule has 1 heterocycles. The molecule has 0 saturated carbocycles. The van der Waals surface area contributed by atoms with Crippen LogP contribution in [-0.4, -0.2) is 16.0 Å². The van der Waals surface area contributed by atoms with Gasteiger partial charge in [-0.2, -0.15) is 0 Å². The molecule has 5 heteroatoms. The van der Waals surface area contributed by atoms with Crippen LogP contribution in [0.1, 0.15) is 5.01 Å². The van der Waals surface area contributed by atoms with E-state index in [4.69, 9.17) is 10.9 Å². The Labute approximate surface area is 62.0 Å². The fourth-order valence-corrected chi connectivity index (χ4v) is 1.16. The van der Waals surface area contributed by atoms with Crippen molar-refractivity contribution in [3.63, 3.8) is 0 Å². The molecule has 0 unspecified atom stereocenters. The Balaban J connectivity index is 2.56. The van der Waals surface area contributed by atoms with Gasteiger partial charge >= 0.3 is 0 Å². The second-order valence-corrected chi connectivity index (χ2v) is 2.67. The van der Waals surface area contributed by atoms with Crippen LogP contribution in [0.3, 0.4) is 0 Å². The third kappa shape index (κ3) is 1.70. The standard InChI is InChI=1S/C5H7N3OS/c6-4(8-9)3-5-7-1-2-10-5/h1-2,9H,3H2,(H2,6,8). The number of nitrogens with two attached hydrogens (primary N) is 1. The predicted molar refractivity (Wildman–Crippen MR) is 39.2 cm³/mol. The highest BCUT2D eigenvalue weighted by Gasteiger charge is 1.97. The van der Waals surface area contributed by atoms with Crippen LogP contribution in [0.15, 0.2) is 16.7 Å². The topological polar surface area (TPSA) is 71.5 Å². The predicted octanol–water partition coefficient (Wildman–Crippen LogP) is 0.432. The van der Waals surface area contributed by atoms with Crippen LogP contribution in [-0.2, 0) is 6.42 Å². The maximum absolute atomic E-state index is 8.17. The molecule has 0 bridgehead atoms. The molecule has 4 nitrogen and oxygen atoms in total. The fraction of sp³-hybridized carbons (Fsp3) is 0.200. The first kappa shape index (κ1) is 7.01. The first-order valence-electron chi connectivity index (χ1n) is 2.67. The van der Waals surface area contributed by atoms with Gasteiger partial charge in [0, 0.05) is 11.6 Å². The summed E-state index contributed by atoms with van der Waals surface area (Å²) in [4.78, 5) is 3.95. The maximum Gasteiger partial charge on any atom is 0.146 e. The van der Waals surface area contributed by atoms with Crippen LogP contribution in [0.2, 0.25) is 0 Å². The van der Waals surface area contributed by atoms with Crippen LogP contribution >= 0.6 is 11.3 Å². The van der Waals surface area contributed by atoms with E-state index >= 15 is 0 Å². The molecule has 0 amide bonds. The lowest BCUT2D eigenvalue weighted by Crippen LogP contribution is -2.14. The van der Waals surface area contributed by atoms with Gasteiger partial charge in [0.15, 0.2) is 0 Å². The van der Waals surface area contributed by atoms with Gasteiger partial charge in [-0.05, 0) is 0 Å². The number of hydrogen-bond acceptors (Lipinski definition) is 4. The summed E-state index contributed by atoms with van der Waals surface area (Å²) < 4.78 is 0. The molecule has 0 spiro atoms. The molecular weight excluding hydrogens is 150 g/mol. The summed E-state index contributed by atoms with van der Waals surface area (Å²) in [7, 11) is 0. The SMILES string of the molecule is NC(Cc1nccs1)=NO. The molecule has 0 aromatic carbocycles. The minimum absolute atomic E-state index is 0.190. The van der Waals surface area contributed by atoms with Crippen LogP contribution in [0.4, 0.5) is 0 Å². The molecule has 0 fully saturated rings. The quantitative estimate of drug-likeness (QED) is 0.283. The molecular formula is C5H7N3OS. The van der Waals surface area contributed by atoms with Crippen molar-refractivity contribution in [1.29, 1.82) is 0 Å². The van der Waals surface area contributed by atoms with Crippen LogP contribution in [0.5, 0.6) is 0 Å². The molecule has 54 valence electrons. The zero-order valence-corrected chi connectivity index (χ0v) is 6.01. The van der Waals surface area contributed by atoms with E-state index in [9.17, 15) is 0 Å². The van der Waals surface area contributed by atoms with E-state index in [0.717, 1.165) is 5.01 Å². The van der Waals surface area contributed by atoms with Gasteiger partial charge < -0.3 is 10.9 Å². The number of aromatic nitrogens is 1. The monoisotopic (exact) mass is 157 g/mol. The van der Waals surface area contributed by atoms with Crippen LogP contribution in [0, 0.1) is 0 Å². The molecule has 1 rings (SSSR count).